The molecule has 3 aromatic carbocycles. The molecule has 1 atom stereocenters. The predicted octanol–water partition coefficient (Wildman–Crippen LogP) is 3.91. The fourth-order valence-corrected chi connectivity index (χ4v) is 2.89. The van der Waals surface area contributed by atoms with Crippen LogP contribution in [-0.2, 0) is 11.3 Å². The Morgan fingerprint density at radius 1 is 0.828 bits per heavy atom. The molecule has 0 heterocycles. The van der Waals surface area contributed by atoms with Crippen molar-refractivity contribution >= 4 is 17.5 Å². The zero-order valence-electron chi connectivity index (χ0n) is 16.4. The molecule has 0 aliphatic heterocycles. The molecule has 3 rings (SSSR count). The third kappa shape index (κ3) is 6.21. The second kappa shape index (κ2) is 10.1. The molecule has 3 aromatic rings. The van der Waals surface area contributed by atoms with Gasteiger partial charge in [-0.2, -0.15) is 0 Å². The van der Waals surface area contributed by atoms with Crippen molar-refractivity contribution in [2.45, 2.75) is 19.5 Å². The van der Waals surface area contributed by atoms with E-state index in [1.165, 1.54) is 0 Å². The highest BCUT2D eigenvalue weighted by Gasteiger charge is 2.11. The molecule has 3 N–H and O–H groups in total. The lowest BCUT2D eigenvalue weighted by molar-refractivity contribution is -0.119. The predicted molar refractivity (Wildman–Crippen MR) is 116 cm³/mol. The zero-order chi connectivity index (χ0) is 20.5. The van der Waals surface area contributed by atoms with Crippen molar-refractivity contribution in [1.29, 1.82) is 0 Å². The molecule has 0 aliphatic rings. The van der Waals surface area contributed by atoms with Gasteiger partial charge < -0.3 is 16.0 Å². The second-order valence-electron chi connectivity index (χ2n) is 6.80. The molecule has 5 heteroatoms. The van der Waals surface area contributed by atoms with Crippen molar-refractivity contribution in [3.63, 3.8) is 0 Å². The number of nitrogens with one attached hydrogen (secondary N) is 3. The topological polar surface area (TPSA) is 70.2 Å². The van der Waals surface area contributed by atoms with Gasteiger partial charge in [0.1, 0.15) is 0 Å². The van der Waals surface area contributed by atoms with Crippen LogP contribution in [0.1, 0.15) is 34.5 Å². The molecular weight excluding hydrogens is 362 g/mol. The minimum absolute atomic E-state index is 0.0742. The van der Waals surface area contributed by atoms with Gasteiger partial charge in [-0.15, -0.1) is 0 Å². The molecule has 0 saturated carbocycles. The van der Waals surface area contributed by atoms with Crippen molar-refractivity contribution in [1.82, 2.24) is 10.6 Å². The van der Waals surface area contributed by atoms with Gasteiger partial charge in [-0.05, 0) is 42.3 Å². The molecule has 0 aromatic heterocycles. The zero-order valence-corrected chi connectivity index (χ0v) is 16.4. The SMILES string of the molecule is CC(NC(=O)c1ccc(NCC(=O)NCc2ccccc2)cc1)c1ccccc1. The summed E-state index contributed by atoms with van der Waals surface area (Å²) >= 11 is 0. The Hall–Kier alpha value is -3.60. The molecule has 0 saturated heterocycles. The smallest absolute Gasteiger partial charge is 0.251 e. The molecule has 29 heavy (non-hydrogen) atoms. The Morgan fingerprint density at radius 3 is 2.10 bits per heavy atom. The lowest BCUT2D eigenvalue weighted by atomic mass is 10.1. The van der Waals surface area contributed by atoms with E-state index in [4.69, 9.17) is 0 Å². The average Bonchev–Trinajstić information content (AvgIpc) is 2.78. The molecule has 0 aliphatic carbocycles. The van der Waals surface area contributed by atoms with Crippen molar-refractivity contribution < 1.29 is 9.59 Å². The fourth-order valence-electron chi connectivity index (χ4n) is 2.89. The van der Waals surface area contributed by atoms with Gasteiger partial charge in [0.05, 0.1) is 12.6 Å². The van der Waals surface area contributed by atoms with Crippen LogP contribution in [0.15, 0.2) is 84.9 Å². The summed E-state index contributed by atoms with van der Waals surface area (Å²) in [4.78, 5) is 24.4. The van der Waals surface area contributed by atoms with Crippen LogP contribution in [-0.4, -0.2) is 18.4 Å². The Bertz CT molecular complexity index is 925. The molecule has 148 valence electrons. The summed E-state index contributed by atoms with van der Waals surface area (Å²) in [6, 6.07) is 26.6. The molecule has 1 unspecified atom stereocenters. The lowest BCUT2D eigenvalue weighted by Gasteiger charge is -2.14. The van der Waals surface area contributed by atoms with Crippen LogP contribution < -0.4 is 16.0 Å². The number of anilines is 1. The average molecular weight is 387 g/mol. The summed E-state index contributed by atoms with van der Waals surface area (Å²) in [5.74, 6) is -0.221. The Kier molecular flexibility index (Phi) is 7.00. The van der Waals surface area contributed by atoms with Crippen LogP contribution in [0.2, 0.25) is 0 Å². The van der Waals surface area contributed by atoms with Gasteiger partial charge >= 0.3 is 0 Å². The molecule has 0 fully saturated rings. The summed E-state index contributed by atoms with van der Waals surface area (Å²) in [7, 11) is 0. The first-order chi connectivity index (χ1) is 14.1. The van der Waals surface area contributed by atoms with E-state index < -0.39 is 0 Å². The maximum Gasteiger partial charge on any atom is 0.251 e. The molecule has 0 spiro atoms. The number of hydrogen-bond donors (Lipinski definition) is 3. The fraction of sp³-hybridized carbons (Fsp3) is 0.167. The van der Waals surface area contributed by atoms with E-state index in [1.54, 1.807) is 24.3 Å². The maximum absolute atomic E-state index is 12.4. The molecular formula is C24H25N3O2. The van der Waals surface area contributed by atoms with Gasteiger partial charge in [0.15, 0.2) is 0 Å². The van der Waals surface area contributed by atoms with Crippen molar-refractivity contribution in [2.24, 2.45) is 0 Å². The highest BCUT2D eigenvalue weighted by atomic mass is 16.2. The Labute approximate surface area is 171 Å². The summed E-state index contributed by atoms with van der Waals surface area (Å²) in [6.07, 6.45) is 0. The first-order valence-electron chi connectivity index (χ1n) is 9.62. The molecule has 0 radical (unpaired) electrons. The normalized spacial score (nSPS) is 11.3. The standard InChI is InChI=1S/C24H25N3O2/c1-18(20-10-6-3-7-11-20)27-24(29)21-12-14-22(15-13-21)25-17-23(28)26-16-19-8-4-2-5-9-19/h2-15,18,25H,16-17H2,1H3,(H,26,28)(H,27,29). The Balaban J connectivity index is 1.45. The summed E-state index contributed by atoms with van der Waals surface area (Å²) in [6.45, 7) is 2.63. The van der Waals surface area contributed by atoms with E-state index in [0.717, 1.165) is 16.8 Å². The Morgan fingerprint density at radius 2 is 1.45 bits per heavy atom. The van der Waals surface area contributed by atoms with Gasteiger partial charge in [-0.1, -0.05) is 60.7 Å². The van der Waals surface area contributed by atoms with Crippen molar-refractivity contribution in [3.8, 4) is 0 Å². The van der Waals surface area contributed by atoms with E-state index in [1.807, 2.05) is 67.6 Å². The second-order valence-corrected chi connectivity index (χ2v) is 6.80. The van der Waals surface area contributed by atoms with Gasteiger partial charge in [-0.3, -0.25) is 9.59 Å². The van der Waals surface area contributed by atoms with Crippen LogP contribution in [0.5, 0.6) is 0 Å². The quantitative estimate of drug-likeness (QED) is 0.549. The number of benzene rings is 3. The first kappa shape index (κ1) is 20.1. The van der Waals surface area contributed by atoms with E-state index in [-0.39, 0.29) is 24.4 Å². The number of carbonyl (C=O) groups excluding carboxylic acids is 2. The highest BCUT2D eigenvalue weighted by Crippen LogP contribution is 2.14. The molecule has 5 nitrogen and oxygen atoms in total. The molecule has 0 bridgehead atoms. The maximum atomic E-state index is 12.4. The lowest BCUT2D eigenvalue weighted by Crippen LogP contribution is -2.29. The van der Waals surface area contributed by atoms with E-state index >= 15 is 0 Å². The van der Waals surface area contributed by atoms with E-state index in [2.05, 4.69) is 16.0 Å². The summed E-state index contributed by atoms with van der Waals surface area (Å²) in [5.41, 5.74) is 3.47. The van der Waals surface area contributed by atoms with E-state index in [9.17, 15) is 9.59 Å². The van der Waals surface area contributed by atoms with Gasteiger partial charge in [0, 0.05) is 17.8 Å². The van der Waals surface area contributed by atoms with Crippen LogP contribution >= 0.6 is 0 Å². The monoisotopic (exact) mass is 387 g/mol. The number of hydrogen-bond acceptors (Lipinski definition) is 3. The summed E-state index contributed by atoms with van der Waals surface area (Å²) in [5, 5.41) is 8.93. The highest BCUT2D eigenvalue weighted by molar-refractivity contribution is 5.94. The van der Waals surface area contributed by atoms with Gasteiger partial charge in [0.2, 0.25) is 5.91 Å². The third-order valence-corrected chi connectivity index (χ3v) is 4.58. The van der Waals surface area contributed by atoms with Crippen LogP contribution in [0.4, 0.5) is 5.69 Å². The number of carbonyl (C=O) groups is 2. The van der Waals surface area contributed by atoms with Crippen molar-refractivity contribution in [2.75, 3.05) is 11.9 Å². The van der Waals surface area contributed by atoms with Crippen LogP contribution in [0.25, 0.3) is 0 Å². The molecule has 2 amide bonds. The van der Waals surface area contributed by atoms with Crippen molar-refractivity contribution in [3.05, 3.63) is 102 Å². The number of rotatable bonds is 8. The minimum atomic E-state index is -0.131. The minimum Gasteiger partial charge on any atom is -0.376 e. The van der Waals surface area contributed by atoms with Gasteiger partial charge in [-0.25, -0.2) is 0 Å². The van der Waals surface area contributed by atoms with Gasteiger partial charge in [0.25, 0.3) is 5.91 Å². The largest absolute Gasteiger partial charge is 0.376 e. The summed E-state index contributed by atoms with van der Waals surface area (Å²) < 4.78 is 0. The van der Waals surface area contributed by atoms with Crippen LogP contribution in [0.3, 0.4) is 0 Å². The third-order valence-electron chi connectivity index (χ3n) is 4.58. The first-order valence-corrected chi connectivity index (χ1v) is 9.62. The van der Waals surface area contributed by atoms with Crippen LogP contribution in [0, 0.1) is 0 Å². The van der Waals surface area contributed by atoms with E-state index in [0.29, 0.717) is 12.1 Å². The number of amides is 2.